The molecule has 0 amide bonds. The first-order valence-electron chi connectivity index (χ1n) is 19.0. The van der Waals surface area contributed by atoms with E-state index in [1.54, 1.807) is 72.0 Å². The van der Waals surface area contributed by atoms with E-state index >= 15 is 0 Å². The fraction of sp³-hybridized carbons (Fsp3) is 0.256. The molecule has 0 unspecified atom stereocenters. The number of hydrogen-bond acceptors (Lipinski definition) is 9. The van der Waals surface area contributed by atoms with Crippen molar-refractivity contribution in [1.82, 2.24) is 38.7 Å². The molecule has 13 nitrogen and oxygen atoms in total. The Morgan fingerprint density at radius 2 is 1.16 bits per heavy atom. The maximum Gasteiger partial charge on any atom is 0.322 e. The van der Waals surface area contributed by atoms with E-state index in [9.17, 15) is 23.5 Å². The van der Waals surface area contributed by atoms with Crippen LogP contribution in [0.4, 0.5) is 14.7 Å². The molecule has 0 fully saturated rings. The van der Waals surface area contributed by atoms with Crippen molar-refractivity contribution in [3.05, 3.63) is 136 Å². The van der Waals surface area contributed by atoms with Crippen LogP contribution in [-0.4, -0.2) is 55.4 Å². The first kappa shape index (κ1) is 38.1. The second kappa shape index (κ2) is 15.7. The van der Waals surface area contributed by atoms with Gasteiger partial charge in [-0.3, -0.25) is 19.0 Å². The summed E-state index contributed by atoms with van der Waals surface area (Å²) in [4.78, 5) is 43.8. The van der Waals surface area contributed by atoms with Crippen LogP contribution in [0.25, 0.3) is 45.0 Å². The van der Waals surface area contributed by atoms with E-state index in [0.29, 0.717) is 82.9 Å². The van der Waals surface area contributed by atoms with Crippen molar-refractivity contribution in [2.75, 3.05) is 5.32 Å². The molecule has 0 radical (unpaired) electrons. The van der Waals surface area contributed by atoms with Gasteiger partial charge < -0.3 is 15.2 Å². The van der Waals surface area contributed by atoms with E-state index in [1.807, 2.05) is 46.6 Å². The van der Waals surface area contributed by atoms with Gasteiger partial charge in [0.15, 0.2) is 0 Å². The molecular formula is C43H41F2N9O4. The lowest BCUT2D eigenvalue weighted by molar-refractivity contribution is 0.0646. The van der Waals surface area contributed by atoms with Crippen molar-refractivity contribution in [3.63, 3.8) is 0 Å². The third-order valence-corrected chi connectivity index (χ3v) is 10.3. The molecule has 0 saturated heterocycles. The quantitative estimate of drug-likeness (QED) is 0.158. The number of nitrogens with zero attached hydrogens (tertiary/aromatic N) is 8. The number of anilines is 1. The minimum Gasteiger partial charge on any atom is -0.424 e. The van der Waals surface area contributed by atoms with Gasteiger partial charge in [-0.2, -0.15) is 4.98 Å². The Kier molecular flexibility index (Phi) is 10.3. The summed E-state index contributed by atoms with van der Waals surface area (Å²) in [5.74, 6) is 0.301. The van der Waals surface area contributed by atoms with Crippen LogP contribution in [0.1, 0.15) is 33.6 Å². The minimum atomic E-state index is -0.951. The lowest BCUT2D eigenvalue weighted by Crippen LogP contribution is -2.39. The number of aliphatic hydroxyl groups is 1. The summed E-state index contributed by atoms with van der Waals surface area (Å²) in [5.41, 5.74) is 3.73. The van der Waals surface area contributed by atoms with E-state index in [1.165, 1.54) is 24.3 Å². The summed E-state index contributed by atoms with van der Waals surface area (Å²) in [6.07, 6.45) is 4.99. The van der Waals surface area contributed by atoms with Gasteiger partial charge in [0.2, 0.25) is 5.95 Å². The maximum absolute atomic E-state index is 13.4. The van der Waals surface area contributed by atoms with E-state index in [2.05, 4.69) is 25.3 Å². The number of benzene rings is 3. The Bertz CT molecular complexity index is 2700. The Balaban J connectivity index is 0.000000162. The summed E-state index contributed by atoms with van der Waals surface area (Å²) in [6, 6.07) is 24.6. The SMILES string of the molecule is C[C@H](Nc1nccc(-c2c(-c3ccc(F)cc3)c(=O)n3n2CCC3)n1)C(C)(C)O.O=c1c(-c2ccc(F)cc2)c(-c2ccnc(Oc3ccccc3)n2)n2n1CCC2. The van der Waals surface area contributed by atoms with Crippen LogP contribution in [0.15, 0.2) is 113 Å². The molecule has 0 bridgehead atoms. The average molecular weight is 786 g/mol. The zero-order valence-corrected chi connectivity index (χ0v) is 32.1. The summed E-state index contributed by atoms with van der Waals surface area (Å²) < 4.78 is 39.9. The average Bonchev–Trinajstić information content (AvgIpc) is 4.00. The number of ether oxygens (including phenoxy) is 1. The van der Waals surface area contributed by atoms with Crippen LogP contribution in [-0.2, 0) is 26.2 Å². The fourth-order valence-electron chi connectivity index (χ4n) is 7.15. The molecule has 2 N–H and O–H groups in total. The van der Waals surface area contributed by atoms with Crippen LogP contribution in [0, 0.1) is 11.6 Å². The standard InChI is InChI=1S/C22H17FN4O2.C21H24FN5O2/c23-16-9-7-15(8-10-16)19-20(26-13-4-14-27(26)21(19)28)18-11-12-24-22(25-18)29-17-5-2-1-3-6-17;1-13(21(2,3)29)24-20-23-10-9-16(25-20)18-17(14-5-7-15(22)8-6-14)19(28)27-12-4-11-26(18)27/h1-3,5-12H,4,13-14H2;5-10,13,29H,4,11-12H2,1-3H3,(H,23,24,25)/t;13-/m.0/s1. The lowest BCUT2D eigenvalue weighted by atomic mass is 10.0. The van der Waals surface area contributed by atoms with Crippen molar-refractivity contribution in [2.45, 2.75) is 71.4 Å². The van der Waals surface area contributed by atoms with E-state index in [4.69, 9.17) is 4.74 Å². The van der Waals surface area contributed by atoms with Crippen molar-refractivity contribution in [3.8, 4) is 56.8 Å². The summed E-state index contributed by atoms with van der Waals surface area (Å²) in [6.45, 7) is 7.97. The molecule has 296 valence electrons. The number of aromatic nitrogens is 8. The second-order valence-corrected chi connectivity index (χ2v) is 14.7. The van der Waals surface area contributed by atoms with Crippen molar-refractivity contribution >= 4 is 5.95 Å². The minimum absolute atomic E-state index is 0.103. The number of fused-ring (bicyclic) bond motifs is 2. The zero-order valence-electron chi connectivity index (χ0n) is 32.1. The van der Waals surface area contributed by atoms with Gasteiger partial charge in [-0.1, -0.05) is 42.5 Å². The van der Waals surface area contributed by atoms with Crippen LogP contribution in [0.3, 0.4) is 0 Å². The molecule has 6 heterocycles. The van der Waals surface area contributed by atoms with E-state index in [-0.39, 0.29) is 34.8 Å². The molecule has 2 aliphatic rings. The van der Waals surface area contributed by atoms with Gasteiger partial charge in [-0.05, 0) is 93.3 Å². The third-order valence-electron chi connectivity index (χ3n) is 10.3. The van der Waals surface area contributed by atoms with Gasteiger partial charge in [0, 0.05) is 38.6 Å². The van der Waals surface area contributed by atoms with Crippen molar-refractivity contribution < 1.29 is 18.6 Å². The van der Waals surface area contributed by atoms with Gasteiger partial charge in [-0.15, -0.1) is 0 Å². The van der Waals surface area contributed by atoms with Crippen LogP contribution < -0.4 is 21.2 Å². The Morgan fingerprint density at radius 3 is 1.67 bits per heavy atom. The second-order valence-electron chi connectivity index (χ2n) is 14.7. The molecule has 3 aromatic carbocycles. The Labute approximate surface area is 331 Å². The summed E-state index contributed by atoms with van der Waals surface area (Å²) >= 11 is 0. The largest absolute Gasteiger partial charge is 0.424 e. The molecular weight excluding hydrogens is 745 g/mol. The molecule has 58 heavy (non-hydrogen) atoms. The third kappa shape index (κ3) is 7.55. The highest BCUT2D eigenvalue weighted by Crippen LogP contribution is 2.34. The highest BCUT2D eigenvalue weighted by molar-refractivity contribution is 5.80. The van der Waals surface area contributed by atoms with Gasteiger partial charge in [0.1, 0.15) is 17.4 Å². The monoisotopic (exact) mass is 785 g/mol. The molecule has 1 atom stereocenters. The van der Waals surface area contributed by atoms with Crippen molar-refractivity contribution in [2.24, 2.45) is 0 Å². The van der Waals surface area contributed by atoms with Gasteiger partial charge >= 0.3 is 6.01 Å². The molecule has 0 spiro atoms. The summed E-state index contributed by atoms with van der Waals surface area (Å²) in [7, 11) is 0. The number of para-hydroxylation sites is 1. The number of halogens is 2. The Morgan fingerprint density at radius 1 is 0.672 bits per heavy atom. The van der Waals surface area contributed by atoms with Gasteiger partial charge in [0.25, 0.3) is 11.1 Å². The number of nitrogens with one attached hydrogen (secondary N) is 1. The maximum atomic E-state index is 13.4. The van der Waals surface area contributed by atoms with Crippen LogP contribution in [0.2, 0.25) is 0 Å². The molecule has 9 rings (SSSR count). The van der Waals surface area contributed by atoms with Gasteiger partial charge in [-0.25, -0.2) is 33.1 Å². The van der Waals surface area contributed by atoms with Crippen LogP contribution in [0.5, 0.6) is 11.8 Å². The predicted octanol–water partition coefficient (Wildman–Crippen LogP) is 7.00. The molecule has 7 aromatic rings. The topological polar surface area (TPSA) is 147 Å². The fourth-order valence-corrected chi connectivity index (χ4v) is 7.15. The summed E-state index contributed by atoms with van der Waals surface area (Å²) in [5, 5.41) is 13.3. The Hall–Kier alpha value is -6.74. The number of rotatable bonds is 9. The molecule has 0 saturated carbocycles. The van der Waals surface area contributed by atoms with Crippen LogP contribution >= 0.6 is 0 Å². The lowest BCUT2D eigenvalue weighted by Gasteiger charge is -2.26. The van der Waals surface area contributed by atoms with Gasteiger partial charge in [0.05, 0.1) is 45.5 Å². The number of hydrogen-bond donors (Lipinski definition) is 2. The molecule has 4 aromatic heterocycles. The first-order valence-corrected chi connectivity index (χ1v) is 19.0. The van der Waals surface area contributed by atoms with Crippen molar-refractivity contribution in [1.29, 1.82) is 0 Å². The first-order chi connectivity index (χ1) is 28.0. The highest BCUT2D eigenvalue weighted by atomic mass is 19.1. The smallest absolute Gasteiger partial charge is 0.322 e. The molecule has 2 aliphatic heterocycles. The zero-order chi connectivity index (χ0) is 40.6. The predicted molar refractivity (Wildman–Crippen MR) is 215 cm³/mol. The normalized spacial score (nSPS) is 13.7. The van der Waals surface area contributed by atoms with E-state index in [0.717, 1.165) is 12.8 Å². The molecule has 15 heteroatoms. The van der Waals surface area contributed by atoms with E-state index < -0.39 is 5.60 Å². The molecule has 0 aliphatic carbocycles. The highest BCUT2D eigenvalue weighted by Gasteiger charge is 2.29.